The third-order valence-corrected chi connectivity index (χ3v) is 2.21. The average molecular weight is 209 g/mol. The highest BCUT2D eigenvalue weighted by molar-refractivity contribution is 5.87. The molecule has 0 saturated heterocycles. The second kappa shape index (κ2) is 3.68. The molecule has 0 unspecified atom stereocenters. The molecule has 0 aliphatic carbocycles. The fourth-order valence-corrected chi connectivity index (χ4v) is 1.61. The summed E-state index contributed by atoms with van der Waals surface area (Å²) in [4.78, 5) is 10.9. The molecule has 0 aliphatic rings. The van der Waals surface area contributed by atoms with E-state index < -0.39 is 5.97 Å². The summed E-state index contributed by atoms with van der Waals surface area (Å²) in [5.74, 6) is -1.05. The van der Waals surface area contributed by atoms with Crippen LogP contribution in [-0.4, -0.2) is 15.7 Å². The van der Waals surface area contributed by atoms with Crippen LogP contribution in [0.2, 0.25) is 0 Å². The van der Waals surface area contributed by atoms with Gasteiger partial charge in [-0.3, -0.25) is 4.68 Å². The van der Waals surface area contributed by atoms with E-state index in [1.165, 1.54) is 6.20 Å². The summed E-state index contributed by atoms with van der Waals surface area (Å²) in [7, 11) is 0. The van der Waals surface area contributed by atoms with Crippen LogP contribution < -0.4 is 5.11 Å². The zero-order valence-electron chi connectivity index (χ0n) is 9.87. The second-order valence-electron chi connectivity index (χ2n) is 4.97. The van der Waals surface area contributed by atoms with Gasteiger partial charge in [-0.25, -0.2) is 0 Å². The first-order chi connectivity index (χ1) is 6.75. The maximum absolute atomic E-state index is 10.9. The van der Waals surface area contributed by atoms with Gasteiger partial charge >= 0.3 is 0 Å². The van der Waals surface area contributed by atoms with Crippen LogP contribution in [0.25, 0.3) is 0 Å². The minimum Gasteiger partial charge on any atom is -0.545 e. The quantitative estimate of drug-likeness (QED) is 0.733. The van der Waals surface area contributed by atoms with Crippen molar-refractivity contribution in [1.29, 1.82) is 0 Å². The summed E-state index contributed by atoms with van der Waals surface area (Å²) in [6.45, 7) is 9.87. The van der Waals surface area contributed by atoms with E-state index in [1.807, 2.05) is 34.6 Å². The van der Waals surface area contributed by atoms with Gasteiger partial charge < -0.3 is 9.90 Å². The van der Waals surface area contributed by atoms with Crippen molar-refractivity contribution in [2.75, 3.05) is 0 Å². The SMILES string of the molecule is CC(C)c1c(C(=O)[O-])cnn1C(C)(C)C. The maximum Gasteiger partial charge on any atom is 0.0749 e. The van der Waals surface area contributed by atoms with Crippen LogP contribution in [0.5, 0.6) is 0 Å². The number of hydrogen-bond acceptors (Lipinski definition) is 3. The van der Waals surface area contributed by atoms with E-state index in [1.54, 1.807) is 4.68 Å². The van der Waals surface area contributed by atoms with E-state index in [0.717, 1.165) is 5.69 Å². The molecule has 15 heavy (non-hydrogen) atoms. The van der Waals surface area contributed by atoms with Gasteiger partial charge in [0.25, 0.3) is 0 Å². The molecule has 1 aromatic heterocycles. The summed E-state index contributed by atoms with van der Waals surface area (Å²) >= 11 is 0. The topological polar surface area (TPSA) is 57.9 Å². The molecule has 1 heterocycles. The van der Waals surface area contributed by atoms with Gasteiger partial charge in [-0.1, -0.05) is 13.8 Å². The Morgan fingerprint density at radius 2 is 2.00 bits per heavy atom. The lowest BCUT2D eigenvalue weighted by molar-refractivity contribution is -0.255. The lowest BCUT2D eigenvalue weighted by atomic mass is 10.0. The van der Waals surface area contributed by atoms with E-state index in [9.17, 15) is 9.90 Å². The summed E-state index contributed by atoms with van der Waals surface area (Å²) in [5.41, 5.74) is 0.704. The van der Waals surface area contributed by atoms with Crippen molar-refractivity contribution < 1.29 is 9.90 Å². The van der Waals surface area contributed by atoms with Crippen LogP contribution in [0.4, 0.5) is 0 Å². The van der Waals surface area contributed by atoms with Crippen molar-refractivity contribution >= 4 is 5.97 Å². The minimum absolute atomic E-state index is 0.111. The molecule has 4 nitrogen and oxygen atoms in total. The van der Waals surface area contributed by atoms with Gasteiger partial charge in [-0.15, -0.1) is 0 Å². The van der Waals surface area contributed by atoms with Crippen LogP contribution in [-0.2, 0) is 5.54 Å². The first-order valence-electron chi connectivity index (χ1n) is 5.05. The van der Waals surface area contributed by atoms with Crippen LogP contribution in [0, 0.1) is 0 Å². The number of aromatic nitrogens is 2. The molecule has 0 N–H and O–H groups in total. The number of hydrogen-bond donors (Lipinski definition) is 0. The lowest BCUT2D eigenvalue weighted by Crippen LogP contribution is -2.28. The van der Waals surface area contributed by atoms with Gasteiger partial charge in [-0.2, -0.15) is 5.10 Å². The number of carbonyl (C=O) groups is 1. The van der Waals surface area contributed by atoms with Crippen molar-refractivity contribution in [3.8, 4) is 0 Å². The molecule has 1 aromatic rings. The molecule has 0 aromatic carbocycles. The monoisotopic (exact) mass is 209 g/mol. The summed E-state index contributed by atoms with van der Waals surface area (Å²) in [6.07, 6.45) is 1.37. The van der Waals surface area contributed by atoms with Crippen molar-refractivity contribution in [2.45, 2.75) is 46.1 Å². The smallest absolute Gasteiger partial charge is 0.0749 e. The Morgan fingerprint density at radius 3 is 2.33 bits per heavy atom. The summed E-state index contributed by atoms with van der Waals surface area (Å²) in [6, 6.07) is 0. The van der Waals surface area contributed by atoms with E-state index in [0.29, 0.717) is 0 Å². The fraction of sp³-hybridized carbons (Fsp3) is 0.636. The van der Waals surface area contributed by atoms with Gasteiger partial charge in [0.15, 0.2) is 0 Å². The summed E-state index contributed by atoms with van der Waals surface area (Å²) in [5, 5.41) is 15.0. The third-order valence-electron chi connectivity index (χ3n) is 2.21. The van der Waals surface area contributed by atoms with Crippen LogP contribution >= 0.6 is 0 Å². The number of carboxylic acids is 1. The van der Waals surface area contributed by atoms with Gasteiger partial charge in [0.2, 0.25) is 0 Å². The Bertz CT molecular complexity index is 372. The number of carbonyl (C=O) groups excluding carboxylic acids is 1. The standard InChI is InChI=1S/C11H18N2O2/c1-7(2)9-8(10(14)15)6-12-13(9)11(3,4)5/h6-7H,1-5H3,(H,14,15)/p-1. The molecule has 4 heteroatoms. The molecule has 84 valence electrons. The molecule has 1 rings (SSSR count). The van der Waals surface area contributed by atoms with Crippen molar-refractivity contribution in [1.82, 2.24) is 9.78 Å². The highest BCUT2D eigenvalue weighted by atomic mass is 16.4. The largest absolute Gasteiger partial charge is 0.545 e. The predicted octanol–water partition coefficient (Wildman–Crippen LogP) is 1.12. The van der Waals surface area contributed by atoms with Crippen LogP contribution in [0.3, 0.4) is 0 Å². The molecule has 0 amide bonds. The molecule has 0 atom stereocenters. The predicted molar refractivity (Wildman–Crippen MR) is 55.6 cm³/mol. The molecule has 0 fully saturated rings. The number of rotatable bonds is 2. The molecule has 0 saturated carbocycles. The van der Waals surface area contributed by atoms with Crippen molar-refractivity contribution in [3.05, 3.63) is 17.5 Å². The Kier molecular flexibility index (Phi) is 2.88. The normalized spacial score (nSPS) is 12.1. The van der Waals surface area contributed by atoms with Crippen molar-refractivity contribution in [2.24, 2.45) is 0 Å². The molecule has 0 bridgehead atoms. The number of aromatic carboxylic acids is 1. The fourth-order valence-electron chi connectivity index (χ4n) is 1.61. The van der Waals surface area contributed by atoms with E-state index in [-0.39, 0.29) is 17.0 Å². The van der Waals surface area contributed by atoms with Gasteiger partial charge in [0.1, 0.15) is 0 Å². The first kappa shape index (κ1) is 11.8. The van der Waals surface area contributed by atoms with E-state index >= 15 is 0 Å². The zero-order valence-corrected chi connectivity index (χ0v) is 9.87. The Labute approximate surface area is 89.9 Å². The molecular weight excluding hydrogens is 192 g/mol. The van der Waals surface area contributed by atoms with Crippen molar-refractivity contribution in [3.63, 3.8) is 0 Å². The molecule has 0 aliphatic heterocycles. The van der Waals surface area contributed by atoms with E-state index in [4.69, 9.17) is 0 Å². The third kappa shape index (κ3) is 2.19. The van der Waals surface area contributed by atoms with Gasteiger partial charge in [-0.05, 0) is 26.7 Å². The lowest BCUT2D eigenvalue weighted by Gasteiger charge is -2.24. The first-order valence-corrected chi connectivity index (χ1v) is 5.05. The van der Waals surface area contributed by atoms with Crippen LogP contribution in [0.15, 0.2) is 6.20 Å². The van der Waals surface area contributed by atoms with Crippen LogP contribution in [0.1, 0.15) is 56.6 Å². The maximum atomic E-state index is 10.9. The summed E-state index contributed by atoms with van der Waals surface area (Å²) < 4.78 is 1.75. The highest BCUT2D eigenvalue weighted by Crippen LogP contribution is 2.25. The Balaban J connectivity index is 3.37. The number of nitrogens with zero attached hydrogens (tertiary/aromatic N) is 2. The van der Waals surface area contributed by atoms with Gasteiger partial charge in [0.05, 0.1) is 23.4 Å². The molecule has 0 radical (unpaired) electrons. The molecular formula is C11H17N2O2-. The average Bonchev–Trinajstić information content (AvgIpc) is 2.45. The number of carboxylic acid groups (broad SMARTS) is 1. The molecule has 0 spiro atoms. The Hall–Kier alpha value is -1.32. The second-order valence-corrected chi connectivity index (χ2v) is 4.97. The minimum atomic E-state index is -1.16. The highest BCUT2D eigenvalue weighted by Gasteiger charge is 2.22. The van der Waals surface area contributed by atoms with E-state index in [2.05, 4.69) is 5.10 Å². The van der Waals surface area contributed by atoms with Gasteiger partial charge in [0, 0.05) is 5.56 Å². The zero-order chi connectivity index (χ0) is 11.8. The Morgan fingerprint density at radius 1 is 1.47 bits per heavy atom.